The van der Waals surface area contributed by atoms with Crippen molar-refractivity contribution in [2.24, 2.45) is 0 Å². The zero-order valence-corrected chi connectivity index (χ0v) is 18.1. The van der Waals surface area contributed by atoms with E-state index < -0.39 is 5.91 Å². The van der Waals surface area contributed by atoms with Gasteiger partial charge in [-0.15, -0.1) is 5.10 Å². The minimum absolute atomic E-state index is 0.144. The van der Waals surface area contributed by atoms with Crippen molar-refractivity contribution in [3.63, 3.8) is 0 Å². The molecule has 0 radical (unpaired) electrons. The lowest BCUT2D eigenvalue weighted by atomic mass is 10.1. The molecule has 11 heteroatoms. The summed E-state index contributed by atoms with van der Waals surface area (Å²) in [6, 6.07) is 11.8. The van der Waals surface area contributed by atoms with E-state index in [9.17, 15) is 4.79 Å². The highest BCUT2D eigenvalue weighted by Crippen LogP contribution is 2.29. The molecule has 30 heavy (non-hydrogen) atoms. The Bertz CT molecular complexity index is 1240. The topological polar surface area (TPSA) is 88.5 Å². The van der Waals surface area contributed by atoms with Crippen LogP contribution in [0.1, 0.15) is 16.1 Å². The quantitative estimate of drug-likeness (QED) is 0.389. The first kappa shape index (κ1) is 20.7. The van der Waals surface area contributed by atoms with E-state index in [1.54, 1.807) is 47.1 Å². The second kappa shape index (κ2) is 8.65. The maximum Gasteiger partial charge on any atom is 0.276 e. The predicted molar refractivity (Wildman–Crippen MR) is 118 cm³/mol. The van der Waals surface area contributed by atoms with Gasteiger partial charge >= 0.3 is 0 Å². The fourth-order valence-electron chi connectivity index (χ4n) is 2.69. The number of rotatable bonds is 5. The highest BCUT2D eigenvalue weighted by molar-refractivity contribution is 6.36. The number of benzene rings is 2. The van der Waals surface area contributed by atoms with Crippen LogP contribution in [-0.2, 0) is 6.54 Å². The summed E-state index contributed by atoms with van der Waals surface area (Å²) < 4.78 is 1.55. The van der Waals surface area contributed by atoms with Crippen LogP contribution in [0.15, 0.2) is 48.8 Å². The number of anilines is 1. The molecule has 0 saturated carbocycles. The predicted octanol–water partition coefficient (Wildman–Crippen LogP) is 5.58. The number of aromatic nitrogens is 5. The first-order valence-electron chi connectivity index (χ1n) is 8.54. The number of H-pyrrole nitrogens is 1. The normalized spacial score (nSPS) is 10.9. The third-order valence-electron chi connectivity index (χ3n) is 4.14. The van der Waals surface area contributed by atoms with Crippen LogP contribution in [0.3, 0.4) is 0 Å². The molecular weight excluding hydrogens is 470 g/mol. The van der Waals surface area contributed by atoms with Crippen molar-refractivity contribution < 1.29 is 4.79 Å². The molecule has 1 amide bonds. The van der Waals surface area contributed by atoms with Gasteiger partial charge in [0.05, 0.1) is 17.3 Å². The third kappa shape index (κ3) is 4.60. The number of nitrogens with one attached hydrogen (secondary N) is 2. The summed E-state index contributed by atoms with van der Waals surface area (Å²) >= 11 is 24.2. The van der Waals surface area contributed by atoms with Crippen molar-refractivity contribution >= 4 is 58.3 Å². The fraction of sp³-hybridized carbons (Fsp3) is 0.0526. The minimum Gasteiger partial charge on any atom is -0.288 e. The molecule has 4 aromatic rings. The van der Waals surface area contributed by atoms with E-state index >= 15 is 0 Å². The molecule has 0 atom stereocenters. The van der Waals surface area contributed by atoms with Gasteiger partial charge in [-0.1, -0.05) is 52.5 Å². The number of amides is 1. The van der Waals surface area contributed by atoms with Gasteiger partial charge in [0.1, 0.15) is 12.0 Å². The van der Waals surface area contributed by atoms with Gasteiger partial charge in [0.15, 0.2) is 0 Å². The van der Waals surface area contributed by atoms with Gasteiger partial charge in [-0.3, -0.25) is 15.2 Å². The largest absolute Gasteiger partial charge is 0.288 e. The average molecular weight is 482 g/mol. The number of hydrogen-bond acceptors (Lipinski definition) is 4. The highest BCUT2D eigenvalue weighted by Gasteiger charge is 2.15. The molecule has 152 valence electrons. The van der Waals surface area contributed by atoms with Crippen LogP contribution in [0.5, 0.6) is 0 Å². The van der Waals surface area contributed by atoms with Crippen molar-refractivity contribution in [1.29, 1.82) is 0 Å². The van der Waals surface area contributed by atoms with Crippen LogP contribution in [0.2, 0.25) is 20.1 Å². The summed E-state index contributed by atoms with van der Waals surface area (Å²) in [5.74, 6) is -0.299. The van der Waals surface area contributed by atoms with Crippen LogP contribution < -0.4 is 5.32 Å². The van der Waals surface area contributed by atoms with E-state index in [2.05, 4.69) is 25.6 Å². The van der Waals surface area contributed by atoms with Crippen molar-refractivity contribution in [1.82, 2.24) is 25.0 Å². The van der Waals surface area contributed by atoms with E-state index in [0.29, 0.717) is 37.9 Å². The Kier molecular flexibility index (Phi) is 5.97. The molecule has 2 N–H and O–H groups in total. The molecule has 0 fully saturated rings. The Morgan fingerprint density at radius 2 is 1.73 bits per heavy atom. The van der Waals surface area contributed by atoms with Crippen molar-refractivity contribution in [2.45, 2.75) is 6.54 Å². The van der Waals surface area contributed by atoms with E-state index in [1.165, 1.54) is 6.33 Å². The monoisotopic (exact) mass is 480 g/mol. The van der Waals surface area contributed by atoms with Gasteiger partial charge in [-0.05, 0) is 42.0 Å². The average Bonchev–Trinajstić information content (AvgIpc) is 3.34. The molecule has 4 rings (SSSR count). The summed E-state index contributed by atoms with van der Waals surface area (Å²) in [6.45, 7) is 0.377. The Morgan fingerprint density at radius 1 is 1.00 bits per heavy atom. The van der Waals surface area contributed by atoms with Crippen molar-refractivity contribution in [2.75, 3.05) is 5.32 Å². The number of aromatic amines is 1. The molecule has 2 aromatic carbocycles. The van der Waals surface area contributed by atoms with Crippen molar-refractivity contribution in [3.8, 4) is 11.3 Å². The fourth-order valence-corrected chi connectivity index (χ4v) is 3.67. The molecule has 2 heterocycles. The zero-order valence-electron chi connectivity index (χ0n) is 15.0. The Labute approximate surface area is 190 Å². The molecule has 7 nitrogen and oxygen atoms in total. The number of carbonyl (C=O) groups is 1. The van der Waals surface area contributed by atoms with Crippen LogP contribution in [-0.4, -0.2) is 30.9 Å². The maximum absolute atomic E-state index is 12.5. The second-order valence-electron chi connectivity index (χ2n) is 6.25. The molecular formula is C19H12Cl4N6O. The molecule has 0 bridgehead atoms. The summed E-state index contributed by atoms with van der Waals surface area (Å²) in [5, 5.41) is 15.7. The summed E-state index contributed by atoms with van der Waals surface area (Å²) in [5.41, 5.74) is 2.21. The summed E-state index contributed by atoms with van der Waals surface area (Å²) in [4.78, 5) is 16.6. The number of carbonyl (C=O) groups excluding carboxylic acids is 1. The van der Waals surface area contributed by atoms with Gasteiger partial charge in [-0.25, -0.2) is 9.67 Å². The molecule has 0 aliphatic rings. The SMILES string of the molecule is O=C(Nc1ncn(Cc2ccc(Cl)cc2Cl)n1)c1cc(-c2ccc(Cl)cc2Cl)n[nH]1. The van der Waals surface area contributed by atoms with Gasteiger partial charge in [-0.2, -0.15) is 5.10 Å². The molecule has 0 aliphatic heterocycles. The van der Waals surface area contributed by atoms with E-state index in [-0.39, 0.29) is 11.6 Å². The highest BCUT2D eigenvalue weighted by atomic mass is 35.5. The lowest BCUT2D eigenvalue weighted by Gasteiger charge is -2.04. The molecule has 0 aliphatic carbocycles. The first-order chi connectivity index (χ1) is 14.4. The van der Waals surface area contributed by atoms with Gasteiger partial charge in [0, 0.05) is 20.6 Å². The lowest BCUT2D eigenvalue weighted by Crippen LogP contribution is -2.14. The lowest BCUT2D eigenvalue weighted by molar-refractivity contribution is 0.102. The van der Waals surface area contributed by atoms with E-state index in [0.717, 1.165) is 5.56 Å². The zero-order chi connectivity index (χ0) is 21.3. The summed E-state index contributed by atoms with van der Waals surface area (Å²) in [6.07, 6.45) is 1.49. The maximum atomic E-state index is 12.5. The number of hydrogen-bond donors (Lipinski definition) is 2. The first-order valence-corrected chi connectivity index (χ1v) is 10.1. The molecule has 0 unspecified atom stereocenters. The van der Waals surface area contributed by atoms with Gasteiger partial charge in [0.2, 0.25) is 5.95 Å². The van der Waals surface area contributed by atoms with Crippen LogP contribution in [0, 0.1) is 0 Å². The van der Waals surface area contributed by atoms with E-state index in [4.69, 9.17) is 46.4 Å². The Balaban J connectivity index is 1.45. The number of halogens is 4. The Hall–Kier alpha value is -2.58. The van der Waals surface area contributed by atoms with Gasteiger partial charge in [0.25, 0.3) is 5.91 Å². The smallest absolute Gasteiger partial charge is 0.276 e. The number of nitrogens with zero attached hydrogens (tertiary/aromatic N) is 4. The standard InChI is InChI=1S/C19H12Cl4N6O/c20-11-2-1-10(14(22)5-11)8-29-9-24-19(28-29)25-18(30)17-7-16(26-27-17)13-4-3-12(21)6-15(13)23/h1-7,9H,8H2,(H,26,27)(H,25,28,30). The minimum atomic E-state index is -0.443. The molecule has 0 saturated heterocycles. The van der Waals surface area contributed by atoms with Crippen molar-refractivity contribution in [3.05, 3.63) is 80.1 Å². The van der Waals surface area contributed by atoms with E-state index in [1.807, 2.05) is 0 Å². The molecule has 0 spiro atoms. The van der Waals surface area contributed by atoms with Crippen LogP contribution in [0.4, 0.5) is 5.95 Å². The van der Waals surface area contributed by atoms with Gasteiger partial charge < -0.3 is 0 Å². The summed E-state index contributed by atoms with van der Waals surface area (Å²) in [7, 11) is 0. The third-order valence-corrected chi connectivity index (χ3v) is 5.27. The second-order valence-corrected chi connectivity index (χ2v) is 7.93. The van der Waals surface area contributed by atoms with Crippen LogP contribution in [0.25, 0.3) is 11.3 Å². The Morgan fingerprint density at radius 3 is 2.47 bits per heavy atom. The molecule has 2 aromatic heterocycles. The van der Waals surface area contributed by atoms with Crippen LogP contribution >= 0.6 is 46.4 Å².